The van der Waals surface area contributed by atoms with Gasteiger partial charge in [-0.15, -0.1) is 0 Å². The number of imide groups is 1. The lowest BCUT2D eigenvalue weighted by molar-refractivity contribution is -0.145. The molecule has 166 valence electrons. The molecule has 9 heteroatoms. The van der Waals surface area contributed by atoms with Crippen molar-refractivity contribution >= 4 is 40.9 Å². The number of amides is 3. The van der Waals surface area contributed by atoms with Gasteiger partial charge in [-0.1, -0.05) is 31.0 Å². The molecule has 0 unspecified atom stereocenters. The Hall–Kier alpha value is -2.81. The van der Waals surface area contributed by atoms with Crippen molar-refractivity contribution in [2.45, 2.75) is 32.6 Å². The van der Waals surface area contributed by atoms with Crippen molar-refractivity contribution in [2.75, 3.05) is 32.8 Å². The number of ether oxygens (including phenoxy) is 2. The van der Waals surface area contributed by atoms with Crippen LogP contribution in [0.5, 0.6) is 5.75 Å². The van der Waals surface area contributed by atoms with Gasteiger partial charge in [0.05, 0.1) is 11.5 Å². The van der Waals surface area contributed by atoms with Crippen LogP contribution in [-0.4, -0.2) is 65.7 Å². The summed E-state index contributed by atoms with van der Waals surface area (Å²) in [6.07, 6.45) is 5.60. The van der Waals surface area contributed by atoms with Crippen molar-refractivity contribution in [1.82, 2.24) is 9.80 Å². The molecule has 2 aliphatic heterocycles. The summed E-state index contributed by atoms with van der Waals surface area (Å²) in [5.74, 6) is -0.811. The van der Waals surface area contributed by atoms with Crippen LogP contribution >= 0.6 is 11.8 Å². The number of hydrogen-bond donors (Lipinski definition) is 0. The Morgan fingerprint density at radius 3 is 2.52 bits per heavy atom. The van der Waals surface area contributed by atoms with Crippen molar-refractivity contribution in [1.29, 1.82) is 0 Å². The average Bonchev–Trinajstić information content (AvgIpc) is 2.96. The molecule has 0 radical (unpaired) electrons. The third-order valence-electron chi connectivity index (χ3n) is 4.98. The van der Waals surface area contributed by atoms with Crippen LogP contribution in [-0.2, 0) is 19.1 Å². The lowest BCUT2D eigenvalue weighted by atomic mass is 10.2. The predicted octanol–water partition coefficient (Wildman–Crippen LogP) is 3.07. The third kappa shape index (κ3) is 6.10. The molecule has 2 fully saturated rings. The van der Waals surface area contributed by atoms with E-state index in [0.717, 1.165) is 42.3 Å². The van der Waals surface area contributed by atoms with E-state index in [9.17, 15) is 19.2 Å². The standard InChI is InChI=1S/C22H26N2O6S/c1-2-29-20(26)15-30-17-10-6-5-9-16(17)13-18-21(27)24(22(28)31-18)14-19(25)23-11-7-3-4-8-12-23/h5-6,9-10,13H,2-4,7-8,11-12,14-15H2,1H3. The number of carbonyl (C=O) groups excluding carboxylic acids is 4. The SMILES string of the molecule is CCOC(=O)COc1ccccc1C=C1SC(=O)N(CC(=O)N2CCCCCC2)C1=O. The van der Waals surface area contributed by atoms with Crippen LogP contribution in [0.25, 0.3) is 6.08 Å². The van der Waals surface area contributed by atoms with Crippen LogP contribution in [0.15, 0.2) is 29.2 Å². The number of likely N-dealkylation sites (tertiary alicyclic amines) is 1. The van der Waals surface area contributed by atoms with Gasteiger partial charge in [0.1, 0.15) is 12.3 Å². The molecular weight excluding hydrogens is 420 g/mol. The molecule has 0 N–H and O–H groups in total. The van der Waals surface area contributed by atoms with E-state index < -0.39 is 17.1 Å². The fourth-order valence-corrected chi connectivity index (χ4v) is 4.23. The highest BCUT2D eigenvalue weighted by molar-refractivity contribution is 8.18. The molecule has 8 nitrogen and oxygen atoms in total. The molecule has 3 rings (SSSR count). The zero-order valence-electron chi connectivity index (χ0n) is 17.5. The lowest BCUT2D eigenvalue weighted by Gasteiger charge is -2.22. The van der Waals surface area contributed by atoms with E-state index in [-0.39, 0.29) is 30.6 Å². The molecule has 1 aromatic carbocycles. The molecule has 2 heterocycles. The molecule has 2 aliphatic rings. The first-order valence-electron chi connectivity index (χ1n) is 10.4. The summed E-state index contributed by atoms with van der Waals surface area (Å²) in [5, 5.41) is -0.468. The van der Waals surface area contributed by atoms with E-state index in [1.165, 1.54) is 0 Å². The van der Waals surface area contributed by atoms with Gasteiger partial charge in [0.15, 0.2) is 6.61 Å². The van der Waals surface area contributed by atoms with Crippen LogP contribution in [0.2, 0.25) is 0 Å². The summed E-state index contributed by atoms with van der Waals surface area (Å²) in [7, 11) is 0. The first-order chi connectivity index (χ1) is 15.0. The number of nitrogens with zero attached hydrogens (tertiary/aromatic N) is 2. The Bertz CT molecular complexity index is 877. The molecule has 0 atom stereocenters. The molecule has 1 aromatic rings. The first kappa shape index (κ1) is 22.9. The quantitative estimate of drug-likeness (QED) is 0.469. The molecule has 3 amide bonds. The minimum absolute atomic E-state index is 0.205. The van der Waals surface area contributed by atoms with Crippen molar-refractivity contribution < 1.29 is 28.7 Å². The number of esters is 1. The topological polar surface area (TPSA) is 93.2 Å². The Kier molecular flexibility index (Phi) is 8.11. The summed E-state index contributed by atoms with van der Waals surface area (Å²) in [5.41, 5.74) is 0.552. The van der Waals surface area contributed by atoms with Crippen LogP contribution < -0.4 is 4.74 Å². The highest BCUT2D eigenvalue weighted by Gasteiger charge is 2.37. The largest absolute Gasteiger partial charge is 0.481 e. The van der Waals surface area contributed by atoms with Gasteiger partial charge in [0, 0.05) is 18.7 Å². The van der Waals surface area contributed by atoms with Crippen molar-refractivity contribution in [2.24, 2.45) is 0 Å². The molecule has 0 aliphatic carbocycles. The van der Waals surface area contributed by atoms with Gasteiger partial charge in [-0.05, 0) is 43.7 Å². The number of hydrogen-bond acceptors (Lipinski definition) is 7. The fourth-order valence-electron chi connectivity index (χ4n) is 3.40. The molecule has 0 bridgehead atoms. The molecule has 31 heavy (non-hydrogen) atoms. The van der Waals surface area contributed by atoms with Gasteiger partial charge >= 0.3 is 5.97 Å². The zero-order chi connectivity index (χ0) is 22.2. The number of thioether (sulfide) groups is 1. The second kappa shape index (κ2) is 11.0. The highest BCUT2D eigenvalue weighted by atomic mass is 32.2. The van der Waals surface area contributed by atoms with Gasteiger partial charge in [0.2, 0.25) is 5.91 Å². The molecular formula is C22H26N2O6S. The maximum Gasteiger partial charge on any atom is 0.344 e. The summed E-state index contributed by atoms with van der Waals surface area (Å²) in [6.45, 7) is 2.78. The van der Waals surface area contributed by atoms with Gasteiger partial charge in [-0.25, -0.2) is 4.79 Å². The summed E-state index contributed by atoms with van der Waals surface area (Å²) < 4.78 is 10.4. The van der Waals surface area contributed by atoms with E-state index >= 15 is 0 Å². The van der Waals surface area contributed by atoms with Crippen molar-refractivity contribution in [3.8, 4) is 5.75 Å². The molecule has 0 spiro atoms. The fraction of sp³-hybridized carbons (Fsp3) is 0.455. The summed E-state index contributed by atoms with van der Waals surface area (Å²) in [4.78, 5) is 52.3. The van der Waals surface area contributed by atoms with Crippen LogP contribution in [0.3, 0.4) is 0 Å². The maximum absolute atomic E-state index is 12.8. The van der Waals surface area contributed by atoms with Crippen LogP contribution in [0.4, 0.5) is 4.79 Å². The van der Waals surface area contributed by atoms with E-state index in [4.69, 9.17) is 9.47 Å². The van der Waals surface area contributed by atoms with Gasteiger partial charge < -0.3 is 14.4 Å². The number of rotatable bonds is 7. The van der Waals surface area contributed by atoms with Gasteiger partial charge in [-0.3, -0.25) is 19.3 Å². The minimum atomic E-state index is -0.502. The molecule has 0 aromatic heterocycles. The van der Waals surface area contributed by atoms with E-state index in [1.807, 2.05) is 0 Å². The van der Waals surface area contributed by atoms with E-state index in [2.05, 4.69) is 0 Å². The monoisotopic (exact) mass is 446 g/mol. The number of carbonyl (C=O) groups is 4. The second-order valence-corrected chi connectivity index (χ2v) is 8.19. The summed E-state index contributed by atoms with van der Waals surface area (Å²) >= 11 is 0.791. The lowest BCUT2D eigenvalue weighted by Crippen LogP contribution is -2.42. The number of benzene rings is 1. The van der Waals surface area contributed by atoms with Crippen LogP contribution in [0, 0.1) is 0 Å². The van der Waals surface area contributed by atoms with E-state index in [1.54, 1.807) is 42.2 Å². The van der Waals surface area contributed by atoms with E-state index in [0.29, 0.717) is 24.4 Å². The Morgan fingerprint density at radius 2 is 1.81 bits per heavy atom. The van der Waals surface area contributed by atoms with Crippen molar-refractivity contribution in [3.05, 3.63) is 34.7 Å². The molecule has 2 saturated heterocycles. The van der Waals surface area contributed by atoms with Gasteiger partial charge in [-0.2, -0.15) is 0 Å². The molecule has 0 saturated carbocycles. The Labute approximate surface area is 185 Å². The maximum atomic E-state index is 12.8. The second-order valence-electron chi connectivity index (χ2n) is 7.19. The Morgan fingerprint density at radius 1 is 1.10 bits per heavy atom. The summed E-state index contributed by atoms with van der Waals surface area (Å²) in [6, 6.07) is 6.88. The third-order valence-corrected chi connectivity index (χ3v) is 5.89. The van der Waals surface area contributed by atoms with Gasteiger partial charge in [0.25, 0.3) is 11.1 Å². The predicted molar refractivity (Wildman–Crippen MR) is 116 cm³/mol. The number of para-hydroxylation sites is 1. The minimum Gasteiger partial charge on any atom is -0.481 e. The first-order valence-corrected chi connectivity index (χ1v) is 11.2. The highest BCUT2D eigenvalue weighted by Crippen LogP contribution is 2.34. The smallest absolute Gasteiger partial charge is 0.344 e. The normalized spacial score (nSPS) is 18.3. The van der Waals surface area contributed by atoms with Crippen molar-refractivity contribution in [3.63, 3.8) is 0 Å². The average molecular weight is 447 g/mol. The Balaban J connectivity index is 1.69. The van der Waals surface area contributed by atoms with Crippen LogP contribution in [0.1, 0.15) is 38.2 Å². The zero-order valence-corrected chi connectivity index (χ0v) is 18.3.